The molecule has 0 aliphatic carbocycles. The van der Waals surface area contributed by atoms with Crippen molar-refractivity contribution in [2.24, 2.45) is 0 Å². The van der Waals surface area contributed by atoms with Crippen molar-refractivity contribution in [3.63, 3.8) is 0 Å². The lowest BCUT2D eigenvalue weighted by molar-refractivity contribution is -0.151. The standard InChI is InChI=1S/C22H17F2NO5/c1-2-30-22(29)20(27)10-19(26)17-12-25(11-13-3-5-14(23)6-4-13)18-8-7-15(24)9-16(18)21(17)28/h3-10,12,26H,2,11H2,1H3/b19-10-. The van der Waals surface area contributed by atoms with E-state index in [4.69, 9.17) is 0 Å². The van der Waals surface area contributed by atoms with Crippen molar-refractivity contribution in [2.45, 2.75) is 13.5 Å². The number of aliphatic hydroxyl groups excluding tert-OH is 1. The molecule has 0 aliphatic rings. The summed E-state index contributed by atoms with van der Waals surface area (Å²) in [6.07, 6.45) is 1.87. The second-order valence-electron chi connectivity index (χ2n) is 6.40. The molecule has 0 radical (unpaired) electrons. The van der Waals surface area contributed by atoms with Crippen molar-refractivity contribution in [3.05, 3.63) is 87.7 Å². The molecule has 0 bridgehead atoms. The van der Waals surface area contributed by atoms with Crippen LogP contribution in [0.1, 0.15) is 18.1 Å². The summed E-state index contributed by atoms with van der Waals surface area (Å²) in [7, 11) is 0. The maximum atomic E-state index is 13.8. The van der Waals surface area contributed by atoms with Crippen molar-refractivity contribution < 1.29 is 28.2 Å². The maximum Gasteiger partial charge on any atom is 0.379 e. The summed E-state index contributed by atoms with van der Waals surface area (Å²) in [6, 6.07) is 9.24. The number of halogens is 2. The van der Waals surface area contributed by atoms with Crippen LogP contribution in [-0.4, -0.2) is 28.0 Å². The van der Waals surface area contributed by atoms with Gasteiger partial charge in [0.15, 0.2) is 5.43 Å². The number of nitrogens with zero attached hydrogens (tertiary/aromatic N) is 1. The molecule has 2 aromatic carbocycles. The van der Waals surface area contributed by atoms with Gasteiger partial charge in [-0.1, -0.05) is 12.1 Å². The Balaban J connectivity index is 2.13. The summed E-state index contributed by atoms with van der Waals surface area (Å²) in [5, 5.41) is 10.3. The van der Waals surface area contributed by atoms with E-state index >= 15 is 0 Å². The zero-order chi connectivity index (χ0) is 21.8. The predicted molar refractivity (Wildman–Crippen MR) is 106 cm³/mol. The number of benzene rings is 2. The molecule has 0 fully saturated rings. The molecule has 30 heavy (non-hydrogen) atoms. The Labute approximate surface area is 169 Å². The summed E-state index contributed by atoms with van der Waals surface area (Å²) < 4.78 is 33.1. The normalized spacial score (nSPS) is 11.5. The maximum absolute atomic E-state index is 13.8. The molecule has 1 N–H and O–H groups in total. The van der Waals surface area contributed by atoms with Gasteiger partial charge in [-0.05, 0) is 42.8 Å². The molecule has 6 nitrogen and oxygen atoms in total. The van der Waals surface area contributed by atoms with E-state index in [1.54, 1.807) is 16.7 Å². The number of pyridine rings is 1. The second kappa shape index (κ2) is 8.69. The van der Waals surface area contributed by atoms with Crippen molar-refractivity contribution in [1.29, 1.82) is 0 Å². The first-order valence-electron chi connectivity index (χ1n) is 8.99. The van der Waals surface area contributed by atoms with Crippen LogP contribution < -0.4 is 5.43 Å². The molecule has 154 valence electrons. The van der Waals surface area contributed by atoms with Crippen molar-refractivity contribution >= 4 is 28.4 Å². The highest BCUT2D eigenvalue weighted by Gasteiger charge is 2.18. The molecule has 0 atom stereocenters. The summed E-state index contributed by atoms with van der Waals surface area (Å²) >= 11 is 0. The van der Waals surface area contributed by atoms with Gasteiger partial charge in [-0.15, -0.1) is 0 Å². The Morgan fingerprint density at radius 1 is 1.10 bits per heavy atom. The lowest BCUT2D eigenvalue weighted by Gasteiger charge is -2.14. The minimum atomic E-state index is -1.18. The van der Waals surface area contributed by atoms with E-state index in [1.807, 2.05) is 0 Å². The topological polar surface area (TPSA) is 85.6 Å². The van der Waals surface area contributed by atoms with E-state index in [-0.39, 0.29) is 24.1 Å². The fraction of sp³-hybridized carbons (Fsp3) is 0.136. The first kappa shape index (κ1) is 20.9. The minimum Gasteiger partial charge on any atom is -0.507 e. The van der Waals surface area contributed by atoms with Gasteiger partial charge < -0.3 is 14.4 Å². The monoisotopic (exact) mass is 413 g/mol. The molecular formula is C22H17F2NO5. The molecule has 0 amide bonds. The predicted octanol–water partition coefficient (Wildman–Crippen LogP) is 3.36. The lowest BCUT2D eigenvalue weighted by Crippen LogP contribution is -2.18. The van der Waals surface area contributed by atoms with Crippen LogP contribution >= 0.6 is 0 Å². The molecule has 1 aromatic heterocycles. The van der Waals surface area contributed by atoms with Gasteiger partial charge in [-0.2, -0.15) is 0 Å². The number of hydrogen-bond acceptors (Lipinski definition) is 5. The zero-order valence-corrected chi connectivity index (χ0v) is 15.9. The third-order valence-corrected chi connectivity index (χ3v) is 4.33. The zero-order valence-electron chi connectivity index (χ0n) is 15.9. The van der Waals surface area contributed by atoms with Gasteiger partial charge in [0.05, 0.1) is 17.7 Å². The molecule has 0 aliphatic heterocycles. The third-order valence-electron chi connectivity index (χ3n) is 4.33. The highest BCUT2D eigenvalue weighted by Crippen LogP contribution is 2.19. The number of aromatic nitrogens is 1. The SMILES string of the molecule is CCOC(=O)C(=O)/C=C(\O)c1cn(Cc2ccc(F)cc2)c2ccc(F)cc2c1=O. The van der Waals surface area contributed by atoms with Crippen LogP contribution in [0.3, 0.4) is 0 Å². The number of ketones is 1. The Bertz CT molecular complexity index is 1210. The second-order valence-corrected chi connectivity index (χ2v) is 6.40. The van der Waals surface area contributed by atoms with E-state index in [0.717, 1.165) is 6.07 Å². The van der Waals surface area contributed by atoms with E-state index in [2.05, 4.69) is 4.74 Å². The minimum absolute atomic E-state index is 0.0289. The first-order valence-corrected chi connectivity index (χ1v) is 8.99. The quantitative estimate of drug-likeness (QED) is 0.290. The van der Waals surface area contributed by atoms with Crippen LogP contribution in [0.5, 0.6) is 0 Å². The average Bonchev–Trinajstić information content (AvgIpc) is 2.71. The van der Waals surface area contributed by atoms with E-state index in [0.29, 0.717) is 17.2 Å². The molecule has 3 aromatic rings. The number of ether oxygens (including phenoxy) is 1. The summed E-state index contributed by atoms with van der Waals surface area (Å²) in [5.74, 6) is -4.14. The highest BCUT2D eigenvalue weighted by molar-refractivity contribution is 6.39. The van der Waals surface area contributed by atoms with Crippen LogP contribution in [0, 0.1) is 11.6 Å². The number of hydrogen-bond donors (Lipinski definition) is 1. The molecule has 0 unspecified atom stereocenters. The van der Waals surface area contributed by atoms with Crippen LogP contribution in [0.25, 0.3) is 16.7 Å². The smallest absolute Gasteiger partial charge is 0.379 e. The largest absolute Gasteiger partial charge is 0.507 e. The van der Waals surface area contributed by atoms with Crippen LogP contribution in [0.15, 0.2) is 59.5 Å². The molecule has 3 rings (SSSR count). The molecule has 0 saturated carbocycles. The molecule has 8 heteroatoms. The van der Waals surface area contributed by atoms with Gasteiger partial charge in [-0.3, -0.25) is 9.59 Å². The first-order chi connectivity index (χ1) is 14.3. The van der Waals surface area contributed by atoms with Crippen LogP contribution in [0.2, 0.25) is 0 Å². The van der Waals surface area contributed by atoms with Gasteiger partial charge >= 0.3 is 5.97 Å². The van der Waals surface area contributed by atoms with Crippen molar-refractivity contribution in [2.75, 3.05) is 6.61 Å². The summed E-state index contributed by atoms with van der Waals surface area (Å²) in [6.45, 7) is 1.66. The highest BCUT2D eigenvalue weighted by atomic mass is 19.1. The van der Waals surface area contributed by atoms with Gasteiger partial charge in [0.1, 0.15) is 17.4 Å². The van der Waals surface area contributed by atoms with Crippen LogP contribution in [0.4, 0.5) is 8.78 Å². The fourth-order valence-corrected chi connectivity index (χ4v) is 2.93. The molecule has 0 spiro atoms. The van der Waals surface area contributed by atoms with Crippen LogP contribution in [-0.2, 0) is 20.9 Å². The number of rotatable bonds is 6. The molecule has 0 saturated heterocycles. The number of esters is 1. The van der Waals surface area contributed by atoms with Gasteiger partial charge in [0, 0.05) is 24.2 Å². The number of carbonyl (C=O) groups excluding carboxylic acids is 2. The number of fused-ring (bicyclic) bond motifs is 1. The van der Waals surface area contributed by atoms with Crippen molar-refractivity contribution in [3.8, 4) is 0 Å². The number of aliphatic hydroxyl groups is 1. The Kier molecular flexibility index (Phi) is 6.06. The Morgan fingerprint density at radius 2 is 1.77 bits per heavy atom. The Hall–Kier alpha value is -3.81. The fourth-order valence-electron chi connectivity index (χ4n) is 2.93. The molecular weight excluding hydrogens is 396 g/mol. The summed E-state index contributed by atoms with van der Waals surface area (Å²) in [5.41, 5.74) is 0.0415. The Morgan fingerprint density at radius 3 is 2.43 bits per heavy atom. The van der Waals surface area contributed by atoms with E-state index in [9.17, 15) is 28.3 Å². The van der Waals surface area contributed by atoms with E-state index in [1.165, 1.54) is 37.4 Å². The van der Waals surface area contributed by atoms with Crippen molar-refractivity contribution in [1.82, 2.24) is 4.57 Å². The lowest BCUT2D eigenvalue weighted by atomic mass is 10.1. The summed E-state index contributed by atoms with van der Waals surface area (Å²) in [4.78, 5) is 36.1. The van der Waals surface area contributed by atoms with E-state index < -0.39 is 34.6 Å². The number of carbonyl (C=O) groups is 2. The van der Waals surface area contributed by atoms with Gasteiger partial charge in [0.2, 0.25) is 0 Å². The van der Waals surface area contributed by atoms with Gasteiger partial charge in [-0.25, -0.2) is 13.6 Å². The molecule has 1 heterocycles. The van der Waals surface area contributed by atoms with Gasteiger partial charge in [0.25, 0.3) is 5.78 Å². The average molecular weight is 413 g/mol. The third kappa shape index (κ3) is 4.43.